The fraction of sp³-hybridized carbons (Fsp3) is 0.529. The Morgan fingerprint density at radius 3 is 3.00 bits per heavy atom. The number of H-pyrrole nitrogens is 1. The molecule has 4 heterocycles. The van der Waals surface area contributed by atoms with E-state index < -0.39 is 0 Å². The molecule has 128 valence electrons. The number of carbonyl (C=O) groups is 1. The monoisotopic (exact) mass is 329 g/mol. The third kappa shape index (κ3) is 3.22. The Bertz CT molecular complexity index is 675. The lowest BCUT2D eigenvalue weighted by Gasteiger charge is -2.31. The molecule has 0 aliphatic carbocycles. The Morgan fingerprint density at radius 2 is 2.21 bits per heavy atom. The maximum absolute atomic E-state index is 12.8. The summed E-state index contributed by atoms with van der Waals surface area (Å²) >= 11 is 0. The van der Waals surface area contributed by atoms with E-state index in [4.69, 9.17) is 4.74 Å². The van der Waals surface area contributed by atoms with Crippen LogP contribution >= 0.6 is 0 Å². The van der Waals surface area contributed by atoms with Gasteiger partial charge < -0.3 is 19.2 Å². The van der Waals surface area contributed by atoms with Gasteiger partial charge >= 0.3 is 0 Å². The molecule has 0 saturated carbocycles. The average molecular weight is 329 g/mol. The number of nitrogens with one attached hydrogen (secondary N) is 1. The van der Waals surface area contributed by atoms with Crippen molar-refractivity contribution in [1.82, 2.24) is 24.3 Å². The summed E-state index contributed by atoms with van der Waals surface area (Å²) in [6.45, 7) is 6.73. The number of rotatable bonds is 3. The molecule has 1 fully saturated rings. The van der Waals surface area contributed by atoms with E-state index >= 15 is 0 Å². The minimum atomic E-state index is 0.0448. The predicted molar refractivity (Wildman–Crippen MR) is 88.5 cm³/mol. The van der Waals surface area contributed by atoms with Crippen molar-refractivity contribution >= 4 is 5.91 Å². The molecule has 1 amide bonds. The van der Waals surface area contributed by atoms with Gasteiger partial charge in [0.05, 0.1) is 19.8 Å². The second-order valence-electron chi connectivity index (χ2n) is 6.54. The molecule has 2 aromatic heterocycles. The van der Waals surface area contributed by atoms with Gasteiger partial charge in [-0.15, -0.1) is 0 Å². The van der Waals surface area contributed by atoms with Crippen LogP contribution in [0.15, 0.2) is 30.7 Å². The number of aromatic amines is 1. The Labute approximate surface area is 141 Å². The lowest BCUT2D eigenvalue weighted by molar-refractivity contribution is 0.0263. The van der Waals surface area contributed by atoms with Crippen molar-refractivity contribution in [1.29, 1.82) is 0 Å². The van der Waals surface area contributed by atoms with Gasteiger partial charge in [-0.05, 0) is 12.1 Å². The largest absolute Gasteiger partial charge is 0.379 e. The summed E-state index contributed by atoms with van der Waals surface area (Å²) in [4.78, 5) is 24.6. The zero-order valence-corrected chi connectivity index (χ0v) is 13.7. The summed E-state index contributed by atoms with van der Waals surface area (Å²) in [5.74, 6) is 1.39. The molecule has 0 bridgehead atoms. The first kappa shape index (κ1) is 15.4. The minimum Gasteiger partial charge on any atom is -0.379 e. The van der Waals surface area contributed by atoms with E-state index in [0.717, 1.165) is 51.8 Å². The molecule has 1 atom stereocenters. The lowest BCUT2D eigenvalue weighted by atomic mass is 10.1. The minimum absolute atomic E-state index is 0.0448. The fourth-order valence-electron chi connectivity index (χ4n) is 3.59. The second-order valence-corrected chi connectivity index (χ2v) is 6.54. The Balaban J connectivity index is 1.53. The van der Waals surface area contributed by atoms with Crippen LogP contribution in [0.2, 0.25) is 0 Å². The van der Waals surface area contributed by atoms with Crippen LogP contribution in [0.4, 0.5) is 0 Å². The average Bonchev–Trinajstić information content (AvgIpc) is 3.24. The first-order chi connectivity index (χ1) is 11.8. The highest BCUT2D eigenvalue weighted by Gasteiger charge is 2.28. The molecule has 2 aliphatic heterocycles. The number of fused-ring (bicyclic) bond motifs is 1. The number of imidazole rings is 1. The van der Waals surface area contributed by atoms with Gasteiger partial charge in [0.1, 0.15) is 11.5 Å². The second kappa shape index (κ2) is 6.78. The highest BCUT2D eigenvalue weighted by molar-refractivity contribution is 5.92. The maximum atomic E-state index is 12.8. The van der Waals surface area contributed by atoms with E-state index in [9.17, 15) is 4.79 Å². The van der Waals surface area contributed by atoms with E-state index in [2.05, 4.69) is 19.4 Å². The molecule has 4 rings (SSSR count). The molecule has 7 heteroatoms. The van der Waals surface area contributed by atoms with Gasteiger partial charge in [-0.2, -0.15) is 0 Å². The number of ether oxygens (including phenoxy) is 1. The number of hydrogen-bond donors (Lipinski definition) is 1. The molecule has 1 N–H and O–H groups in total. The van der Waals surface area contributed by atoms with Gasteiger partial charge in [0.25, 0.3) is 5.91 Å². The predicted octanol–water partition coefficient (Wildman–Crippen LogP) is 0.816. The highest BCUT2D eigenvalue weighted by atomic mass is 16.5. The van der Waals surface area contributed by atoms with Crippen molar-refractivity contribution in [2.24, 2.45) is 5.92 Å². The van der Waals surface area contributed by atoms with Crippen LogP contribution in [-0.4, -0.2) is 69.6 Å². The van der Waals surface area contributed by atoms with Crippen molar-refractivity contribution in [3.8, 4) is 0 Å². The van der Waals surface area contributed by atoms with Crippen LogP contribution in [0.1, 0.15) is 16.3 Å². The molecular formula is C17H23N5O2. The van der Waals surface area contributed by atoms with Gasteiger partial charge in [-0.1, -0.05) is 0 Å². The van der Waals surface area contributed by atoms with Gasteiger partial charge in [0.15, 0.2) is 0 Å². The summed E-state index contributed by atoms with van der Waals surface area (Å²) in [5, 5.41) is 0. The van der Waals surface area contributed by atoms with Crippen molar-refractivity contribution in [3.05, 3.63) is 42.2 Å². The van der Waals surface area contributed by atoms with E-state index in [-0.39, 0.29) is 5.91 Å². The zero-order chi connectivity index (χ0) is 16.4. The number of aromatic nitrogens is 3. The summed E-state index contributed by atoms with van der Waals surface area (Å²) in [5.41, 5.74) is 0.639. The Hall–Kier alpha value is -2.12. The van der Waals surface area contributed by atoms with E-state index in [1.165, 1.54) is 0 Å². The summed E-state index contributed by atoms with van der Waals surface area (Å²) < 4.78 is 7.63. The molecule has 0 aromatic carbocycles. The first-order valence-electron chi connectivity index (χ1n) is 8.52. The zero-order valence-electron chi connectivity index (χ0n) is 13.7. The Kier molecular flexibility index (Phi) is 4.36. The van der Waals surface area contributed by atoms with Crippen molar-refractivity contribution in [3.63, 3.8) is 0 Å². The van der Waals surface area contributed by atoms with Crippen LogP contribution in [0.25, 0.3) is 0 Å². The van der Waals surface area contributed by atoms with E-state index in [1.54, 1.807) is 6.20 Å². The van der Waals surface area contributed by atoms with Gasteiger partial charge in [-0.3, -0.25) is 9.69 Å². The smallest absolute Gasteiger partial charge is 0.270 e. The number of amides is 1. The van der Waals surface area contributed by atoms with Gasteiger partial charge in [0, 0.05) is 57.2 Å². The SMILES string of the molecule is O=C(c1ccc[nH]1)N1Cc2nccn2C[C@@H](CN2CCOCC2)C1. The van der Waals surface area contributed by atoms with Crippen LogP contribution in [0, 0.1) is 5.92 Å². The molecule has 0 spiro atoms. The van der Waals surface area contributed by atoms with Crippen LogP contribution in [-0.2, 0) is 17.8 Å². The topological polar surface area (TPSA) is 66.4 Å². The van der Waals surface area contributed by atoms with Crippen molar-refractivity contribution < 1.29 is 9.53 Å². The van der Waals surface area contributed by atoms with Crippen molar-refractivity contribution in [2.45, 2.75) is 13.1 Å². The molecule has 24 heavy (non-hydrogen) atoms. The number of carbonyl (C=O) groups excluding carboxylic acids is 1. The standard InChI is InChI=1S/C17H23N5O2/c23-17(15-2-1-3-18-15)22-12-14(10-20-6-8-24-9-7-20)11-21-5-4-19-16(21)13-22/h1-5,14,18H,6-13H2/t14-/m1/s1. The summed E-state index contributed by atoms with van der Waals surface area (Å²) in [6, 6.07) is 3.69. The molecule has 2 aromatic rings. The van der Waals surface area contributed by atoms with E-state index in [1.807, 2.05) is 29.4 Å². The highest BCUT2D eigenvalue weighted by Crippen LogP contribution is 2.19. The van der Waals surface area contributed by atoms with E-state index in [0.29, 0.717) is 18.2 Å². The molecular weight excluding hydrogens is 306 g/mol. The molecule has 2 aliphatic rings. The summed E-state index contributed by atoms with van der Waals surface area (Å²) in [7, 11) is 0. The fourth-order valence-corrected chi connectivity index (χ4v) is 3.59. The van der Waals surface area contributed by atoms with Crippen LogP contribution in [0.3, 0.4) is 0 Å². The van der Waals surface area contributed by atoms with Crippen LogP contribution in [0.5, 0.6) is 0 Å². The van der Waals surface area contributed by atoms with Gasteiger partial charge in [0.2, 0.25) is 0 Å². The van der Waals surface area contributed by atoms with Crippen LogP contribution < -0.4 is 0 Å². The molecule has 0 unspecified atom stereocenters. The first-order valence-corrected chi connectivity index (χ1v) is 8.52. The lowest BCUT2D eigenvalue weighted by Crippen LogP contribution is -2.43. The quantitative estimate of drug-likeness (QED) is 0.905. The summed E-state index contributed by atoms with van der Waals surface area (Å²) in [6.07, 6.45) is 5.63. The molecule has 7 nitrogen and oxygen atoms in total. The van der Waals surface area contributed by atoms with Gasteiger partial charge in [-0.25, -0.2) is 4.98 Å². The molecule has 1 saturated heterocycles. The third-order valence-electron chi connectivity index (χ3n) is 4.80. The maximum Gasteiger partial charge on any atom is 0.270 e. The molecule has 0 radical (unpaired) electrons. The number of hydrogen-bond acceptors (Lipinski definition) is 4. The third-order valence-corrected chi connectivity index (χ3v) is 4.80. The normalized spacial score (nSPS) is 22.2. The Morgan fingerprint density at radius 1 is 1.33 bits per heavy atom. The number of morpholine rings is 1. The number of nitrogens with zero attached hydrogens (tertiary/aromatic N) is 4. The van der Waals surface area contributed by atoms with Crippen molar-refractivity contribution in [2.75, 3.05) is 39.4 Å².